The first-order chi connectivity index (χ1) is 10.6. The van der Waals surface area contributed by atoms with Gasteiger partial charge in [-0.1, -0.05) is 29.8 Å². The van der Waals surface area contributed by atoms with Crippen molar-refractivity contribution in [3.8, 4) is 0 Å². The second kappa shape index (κ2) is 6.07. The van der Waals surface area contributed by atoms with Crippen molar-refractivity contribution in [1.82, 2.24) is 9.88 Å². The summed E-state index contributed by atoms with van der Waals surface area (Å²) in [6.45, 7) is 1.99. The summed E-state index contributed by atoms with van der Waals surface area (Å²) < 4.78 is 1.13. The molecule has 0 bridgehead atoms. The van der Waals surface area contributed by atoms with E-state index in [0.29, 0.717) is 10.6 Å². The first-order valence-electron chi connectivity index (χ1n) is 6.94. The lowest BCUT2D eigenvalue weighted by Crippen LogP contribution is -2.29. The van der Waals surface area contributed by atoms with Crippen molar-refractivity contribution < 1.29 is 4.79 Å². The Balaban J connectivity index is 1.87. The first-order valence-corrected chi connectivity index (χ1v) is 8.14. The van der Waals surface area contributed by atoms with Crippen LogP contribution in [0.3, 0.4) is 0 Å². The van der Waals surface area contributed by atoms with E-state index in [4.69, 9.17) is 11.6 Å². The third-order valence-corrected chi connectivity index (χ3v) is 5.08. The van der Waals surface area contributed by atoms with Crippen LogP contribution in [0.2, 0.25) is 5.02 Å². The van der Waals surface area contributed by atoms with Crippen LogP contribution < -0.4 is 0 Å². The number of carbonyl (C=O) groups is 1. The molecule has 0 radical (unpaired) electrons. The molecule has 0 aliphatic heterocycles. The number of halogens is 1. The van der Waals surface area contributed by atoms with Crippen LogP contribution in [0, 0.1) is 0 Å². The molecular weight excluding hydrogens is 316 g/mol. The second-order valence-electron chi connectivity index (χ2n) is 5.12. The molecule has 0 saturated carbocycles. The molecule has 1 atom stereocenters. The number of aromatic nitrogens is 1. The summed E-state index contributed by atoms with van der Waals surface area (Å²) in [4.78, 5) is 18.9. The number of hydrogen-bond acceptors (Lipinski definition) is 3. The summed E-state index contributed by atoms with van der Waals surface area (Å²) in [7, 11) is 1.79. The molecule has 1 heterocycles. The van der Waals surface area contributed by atoms with Crippen LogP contribution in [-0.2, 0) is 0 Å². The average molecular weight is 331 g/mol. The minimum atomic E-state index is -0.0936. The summed E-state index contributed by atoms with van der Waals surface area (Å²) >= 11 is 7.58. The summed E-state index contributed by atoms with van der Waals surface area (Å²) in [5.74, 6) is -0.0609. The fourth-order valence-electron chi connectivity index (χ4n) is 2.24. The van der Waals surface area contributed by atoms with Crippen LogP contribution in [0.4, 0.5) is 0 Å². The number of fused-ring (bicyclic) bond motifs is 1. The molecule has 0 spiro atoms. The molecule has 0 saturated heterocycles. The third-order valence-electron chi connectivity index (χ3n) is 3.64. The Morgan fingerprint density at radius 2 is 2.00 bits per heavy atom. The zero-order valence-electron chi connectivity index (χ0n) is 12.3. The highest BCUT2D eigenvalue weighted by Crippen LogP contribution is 2.29. The van der Waals surface area contributed by atoms with Crippen molar-refractivity contribution in [2.45, 2.75) is 13.0 Å². The highest BCUT2D eigenvalue weighted by Gasteiger charge is 2.21. The molecule has 0 aliphatic rings. The average Bonchev–Trinajstić information content (AvgIpc) is 2.96. The quantitative estimate of drug-likeness (QED) is 0.692. The zero-order valence-corrected chi connectivity index (χ0v) is 13.9. The molecule has 3 nitrogen and oxygen atoms in total. The van der Waals surface area contributed by atoms with Crippen LogP contribution >= 0.6 is 22.9 Å². The minimum absolute atomic E-state index is 0.0609. The second-order valence-corrected chi connectivity index (χ2v) is 6.62. The number of benzene rings is 2. The fraction of sp³-hybridized carbons (Fsp3) is 0.176. The van der Waals surface area contributed by atoms with E-state index in [-0.39, 0.29) is 11.9 Å². The van der Waals surface area contributed by atoms with Gasteiger partial charge in [0.1, 0.15) is 5.01 Å². The Hall–Kier alpha value is -1.91. The van der Waals surface area contributed by atoms with Crippen LogP contribution in [-0.4, -0.2) is 22.8 Å². The van der Waals surface area contributed by atoms with Crippen molar-refractivity contribution in [2.24, 2.45) is 0 Å². The lowest BCUT2D eigenvalue weighted by molar-refractivity contribution is 0.0742. The van der Waals surface area contributed by atoms with Gasteiger partial charge in [-0.15, -0.1) is 11.3 Å². The van der Waals surface area contributed by atoms with Gasteiger partial charge in [-0.25, -0.2) is 4.98 Å². The van der Waals surface area contributed by atoms with Crippen LogP contribution in [0.5, 0.6) is 0 Å². The standard InChI is InChI=1S/C17H15ClN2OS/c1-11(16-19-14-8-3-4-9-15(14)22-16)20(2)17(21)12-6-5-7-13(18)10-12/h3-11H,1-2H3/t11-/m1/s1. The van der Waals surface area contributed by atoms with Crippen molar-refractivity contribution in [3.05, 3.63) is 64.1 Å². The van der Waals surface area contributed by atoms with E-state index in [1.165, 1.54) is 0 Å². The Morgan fingerprint density at radius 3 is 2.73 bits per heavy atom. The van der Waals surface area contributed by atoms with Gasteiger partial charge in [0.25, 0.3) is 5.91 Å². The summed E-state index contributed by atoms with van der Waals surface area (Å²) in [6.07, 6.45) is 0. The molecule has 1 aromatic heterocycles. The molecule has 3 rings (SSSR count). The molecule has 0 aliphatic carbocycles. The number of hydrogen-bond donors (Lipinski definition) is 0. The number of para-hydroxylation sites is 1. The van der Waals surface area contributed by atoms with Crippen molar-refractivity contribution in [3.63, 3.8) is 0 Å². The molecule has 3 aromatic rings. The van der Waals surface area contributed by atoms with E-state index in [0.717, 1.165) is 15.2 Å². The van der Waals surface area contributed by atoms with E-state index in [2.05, 4.69) is 4.98 Å². The first kappa shape index (κ1) is 15.0. The normalized spacial score (nSPS) is 12.3. The van der Waals surface area contributed by atoms with Crippen molar-refractivity contribution in [1.29, 1.82) is 0 Å². The molecule has 5 heteroatoms. The Bertz CT molecular complexity index is 797. The number of rotatable bonds is 3. The van der Waals surface area contributed by atoms with Crippen LogP contribution in [0.15, 0.2) is 48.5 Å². The van der Waals surface area contributed by atoms with Crippen LogP contribution in [0.1, 0.15) is 28.3 Å². The highest BCUT2D eigenvalue weighted by molar-refractivity contribution is 7.18. The van der Waals surface area contributed by atoms with Gasteiger partial charge in [0.15, 0.2) is 0 Å². The lowest BCUT2D eigenvalue weighted by atomic mass is 10.2. The molecule has 1 amide bonds. The van der Waals surface area contributed by atoms with E-state index >= 15 is 0 Å². The minimum Gasteiger partial charge on any atom is -0.333 e. The van der Waals surface area contributed by atoms with E-state index in [1.807, 2.05) is 31.2 Å². The molecule has 0 unspecified atom stereocenters. The summed E-state index contributed by atoms with van der Waals surface area (Å²) in [6, 6.07) is 14.9. The highest BCUT2D eigenvalue weighted by atomic mass is 35.5. The third kappa shape index (κ3) is 2.85. The van der Waals surface area contributed by atoms with Gasteiger partial charge in [0.05, 0.1) is 16.3 Å². The van der Waals surface area contributed by atoms with Crippen LogP contribution in [0.25, 0.3) is 10.2 Å². The maximum absolute atomic E-state index is 12.6. The van der Waals surface area contributed by atoms with Gasteiger partial charge >= 0.3 is 0 Å². The van der Waals surface area contributed by atoms with Gasteiger partial charge in [-0.3, -0.25) is 4.79 Å². The summed E-state index contributed by atoms with van der Waals surface area (Å²) in [5, 5.41) is 1.49. The van der Waals surface area contributed by atoms with Gasteiger partial charge < -0.3 is 4.90 Å². The van der Waals surface area contributed by atoms with Crippen molar-refractivity contribution >= 4 is 39.1 Å². The van der Waals surface area contributed by atoms with Gasteiger partial charge in [0, 0.05) is 17.6 Å². The monoisotopic (exact) mass is 330 g/mol. The predicted octanol–water partition coefficient (Wildman–Crippen LogP) is 4.78. The number of nitrogens with zero attached hydrogens (tertiary/aromatic N) is 2. The smallest absolute Gasteiger partial charge is 0.254 e. The SMILES string of the molecule is C[C@H](c1nc2ccccc2s1)N(C)C(=O)c1cccc(Cl)c1. The van der Waals surface area contributed by atoms with Gasteiger partial charge in [0.2, 0.25) is 0 Å². The Labute approximate surface area is 138 Å². The van der Waals surface area contributed by atoms with Gasteiger partial charge in [-0.2, -0.15) is 0 Å². The number of carbonyl (C=O) groups excluding carboxylic acids is 1. The predicted molar refractivity (Wildman–Crippen MR) is 91.6 cm³/mol. The van der Waals surface area contributed by atoms with Gasteiger partial charge in [-0.05, 0) is 37.3 Å². The summed E-state index contributed by atoms with van der Waals surface area (Å²) in [5.41, 5.74) is 1.56. The Morgan fingerprint density at radius 1 is 1.23 bits per heavy atom. The number of amides is 1. The largest absolute Gasteiger partial charge is 0.333 e. The maximum Gasteiger partial charge on any atom is 0.254 e. The number of thiazole rings is 1. The molecule has 0 fully saturated rings. The molecular formula is C17H15ClN2OS. The van der Waals surface area contributed by atoms with E-state index < -0.39 is 0 Å². The fourth-order valence-corrected chi connectivity index (χ4v) is 3.49. The van der Waals surface area contributed by atoms with E-state index in [1.54, 1.807) is 47.5 Å². The molecule has 2 aromatic carbocycles. The zero-order chi connectivity index (χ0) is 15.7. The molecule has 112 valence electrons. The lowest BCUT2D eigenvalue weighted by Gasteiger charge is -2.23. The topological polar surface area (TPSA) is 33.2 Å². The maximum atomic E-state index is 12.6. The van der Waals surface area contributed by atoms with E-state index in [9.17, 15) is 4.79 Å². The van der Waals surface area contributed by atoms with Crippen molar-refractivity contribution in [2.75, 3.05) is 7.05 Å². The molecule has 0 N–H and O–H groups in total. The Kier molecular flexibility index (Phi) is 4.14. The molecule has 22 heavy (non-hydrogen) atoms.